The molecule has 1 amide bonds. The zero-order chi connectivity index (χ0) is 14.5. The Morgan fingerprint density at radius 3 is 2.58 bits per heavy atom. The molecule has 1 fully saturated rings. The number of amides is 1. The van der Waals surface area contributed by atoms with Crippen LogP contribution >= 0.6 is 0 Å². The molecule has 0 bridgehead atoms. The molecular weight excluding hydrogens is 270 g/mol. The van der Waals surface area contributed by atoms with Crippen LogP contribution in [0.15, 0.2) is 0 Å². The summed E-state index contributed by atoms with van der Waals surface area (Å²) in [5, 5.41) is 8.96. The fourth-order valence-corrected chi connectivity index (χ4v) is 3.57. The van der Waals surface area contributed by atoms with Crippen LogP contribution in [0.25, 0.3) is 0 Å². The topological polar surface area (TPSA) is 91.8 Å². The summed E-state index contributed by atoms with van der Waals surface area (Å²) in [5.41, 5.74) is 0. The smallest absolute Gasteiger partial charge is 0.326 e. The standard InChI is InChI=1S/C12H21NO5S/c1-2-3-4-8-19(17,18)9-11(14)13-7-5-6-10(13)12(15)16/h10H,2-9H2,1H3,(H,15,16)/t10-/m1/s1. The molecular formula is C12H21NO5S. The van der Waals surface area contributed by atoms with Gasteiger partial charge in [-0.3, -0.25) is 4.79 Å². The fraction of sp³-hybridized carbons (Fsp3) is 0.833. The van der Waals surface area contributed by atoms with Crippen molar-refractivity contribution in [3.63, 3.8) is 0 Å². The van der Waals surface area contributed by atoms with E-state index in [9.17, 15) is 18.0 Å². The second-order valence-corrected chi connectivity index (χ2v) is 7.07. The van der Waals surface area contributed by atoms with Gasteiger partial charge < -0.3 is 10.0 Å². The Morgan fingerprint density at radius 2 is 2.00 bits per heavy atom. The van der Waals surface area contributed by atoms with E-state index in [0.717, 1.165) is 12.8 Å². The van der Waals surface area contributed by atoms with Crippen LogP contribution in [0, 0.1) is 0 Å². The summed E-state index contributed by atoms with van der Waals surface area (Å²) in [6.07, 6.45) is 3.29. The Labute approximate surface area is 113 Å². The Morgan fingerprint density at radius 1 is 1.32 bits per heavy atom. The summed E-state index contributed by atoms with van der Waals surface area (Å²) in [6.45, 7) is 2.31. The maximum absolute atomic E-state index is 11.9. The van der Waals surface area contributed by atoms with E-state index in [2.05, 4.69) is 0 Å². The first-order chi connectivity index (χ1) is 8.87. The van der Waals surface area contributed by atoms with E-state index in [-0.39, 0.29) is 5.75 Å². The molecule has 19 heavy (non-hydrogen) atoms. The first kappa shape index (κ1) is 15.9. The van der Waals surface area contributed by atoms with Crippen molar-refractivity contribution in [3.8, 4) is 0 Å². The Kier molecular flexibility index (Phi) is 5.78. The highest BCUT2D eigenvalue weighted by Gasteiger charge is 2.35. The van der Waals surface area contributed by atoms with Gasteiger partial charge in [-0.15, -0.1) is 0 Å². The Bertz CT molecular complexity index is 431. The molecule has 1 aliphatic heterocycles. The van der Waals surface area contributed by atoms with E-state index >= 15 is 0 Å². The van der Waals surface area contributed by atoms with Crippen LogP contribution in [-0.4, -0.2) is 54.4 Å². The van der Waals surface area contributed by atoms with E-state index in [1.165, 1.54) is 4.90 Å². The number of unbranched alkanes of at least 4 members (excludes halogenated alkanes) is 2. The predicted octanol–water partition coefficient (Wildman–Crippen LogP) is 0.667. The monoisotopic (exact) mass is 291 g/mol. The van der Waals surface area contributed by atoms with Gasteiger partial charge in [0.15, 0.2) is 9.84 Å². The van der Waals surface area contributed by atoms with Crippen LogP contribution in [0.2, 0.25) is 0 Å². The number of hydrogen-bond acceptors (Lipinski definition) is 4. The molecule has 0 aromatic carbocycles. The number of carbonyl (C=O) groups excluding carboxylic acids is 1. The molecule has 7 heteroatoms. The third-order valence-electron chi connectivity index (χ3n) is 3.26. The molecule has 110 valence electrons. The fourth-order valence-electron chi connectivity index (χ4n) is 2.24. The molecule has 1 saturated heterocycles. The minimum Gasteiger partial charge on any atom is -0.480 e. The second-order valence-electron chi connectivity index (χ2n) is 4.88. The number of hydrogen-bond donors (Lipinski definition) is 1. The summed E-state index contributed by atoms with van der Waals surface area (Å²) in [4.78, 5) is 24.0. The lowest BCUT2D eigenvalue weighted by Crippen LogP contribution is -2.43. The number of aliphatic carboxylic acids is 1. The molecule has 0 radical (unpaired) electrons. The van der Waals surface area contributed by atoms with E-state index < -0.39 is 33.5 Å². The number of carbonyl (C=O) groups is 2. The average molecular weight is 291 g/mol. The summed E-state index contributed by atoms with van der Waals surface area (Å²) in [7, 11) is -3.42. The third-order valence-corrected chi connectivity index (χ3v) is 4.86. The van der Waals surface area contributed by atoms with Gasteiger partial charge in [-0.05, 0) is 19.3 Å². The average Bonchev–Trinajstić information content (AvgIpc) is 2.77. The van der Waals surface area contributed by atoms with Crippen LogP contribution in [0.1, 0.15) is 39.0 Å². The summed E-state index contributed by atoms with van der Waals surface area (Å²) in [5.74, 6) is -2.21. The van der Waals surface area contributed by atoms with E-state index in [4.69, 9.17) is 5.11 Å². The van der Waals surface area contributed by atoms with Crippen LogP contribution in [0.5, 0.6) is 0 Å². The molecule has 1 rings (SSSR count). The van der Waals surface area contributed by atoms with E-state index in [0.29, 0.717) is 25.8 Å². The van der Waals surface area contributed by atoms with Crippen molar-refractivity contribution in [1.29, 1.82) is 0 Å². The van der Waals surface area contributed by atoms with Crippen LogP contribution in [0.4, 0.5) is 0 Å². The first-order valence-electron chi connectivity index (χ1n) is 6.60. The van der Waals surface area contributed by atoms with Crippen molar-refractivity contribution in [2.24, 2.45) is 0 Å². The normalized spacial score (nSPS) is 19.6. The first-order valence-corrected chi connectivity index (χ1v) is 8.42. The molecule has 1 atom stereocenters. The number of nitrogens with zero attached hydrogens (tertiary/aromatic N) is 1. The van der Waals surface area contributed by atoms with Crippen molar-refractivity contribution in [1.82, 2.24) is 4.90 Å². The van der Waals surface area contributed by atoms with Gasteiger partial charge in [-0.1, -0.05) is 19.8 Å². The lowest BCUT2D eigenvalue weighted by Gasteiger charge is -2.21. The van der Waals surface area contributed by atoms with Gasteiger partial charge in [-0.25, -0.2) is 13.2 Å². The van der Waals surface area contributed by atoms with Crippen LogP contribution in [-0.2, 0) is 19.4 Å². The number of rotatable bonds is 7. The van der Waals surface area contributed by atoms with Gasteiger partial charge in [-0.2, -0.15) is 0 Å². The molecule has 1 heterocycles. The van der Waals surface area contributed by atoms with Gasteiger partial charge in [0.05, 0.1) is 5.75 Å². The molecule has 1 N–H and O–H groups in total. The molecule has 0 spiro atoms. The van der Waals surface area contributed by atoms with E-state index in [1.807, 2.05) is 6.92 Å². The van der Waals surface area contributed by atoms with Crippen molar-refractivity contribution >= 4 is 21.7 Å². The highest BCUT2D eigenvalue weighted by molar-refractivity contribution is 7.92. The highest BCUT2D eigenvalue weighted by Crippen LogP contribution is 2.18. The minimum absolute atomic E-state index is 0.00183. The minimum atomic E-state index is -3.42. The molecule has 0 unspecified atom stereocenters. The van der Waals surface area contributed by atoms with E-state index in [1.54, 1.807) is 0 Å². The summed E-state index contributed by atoms with van der Waals surface area (Å²) < 4.78 is 23.5. The van der Waals surface area contributed by atoms with Gasteiger partial charge in [0.25, 0.3) is 0 Å². The van der Waals surface area contributed by atoms with Crippen LogP contribution < -0.4 is 0 Å². The lowest BCUT2D eigenvalue weighted by molar-refractivity contribution is -0.147. The predicted molar refractivity (Wildman–Crippen MR) is 70.5 cm³/mol. The molecule has 0 saturated carbocycles. The summed E-state index contributed by atoms with van der Waals surface area (Å²) >= 11 is 0. The maximum atomic E-state index is 11.9. The molecule has 0 aromatic rings. The molecule has 0 aliphatic carbocycles. The number of likely N-dealkylation sites (tertiary alicyclic amines) is 1. The van der Waals surface area contributed by atoms with Crippen molar-refractivity contribution in [2.75, 3.05) is 18.1 Å². The van der Waals surface area contributed by atoms with Crippen molar-refractivity contribution in [3.05, 3.63) is 0 Å². The van der Waals surface area contributed by atoms with Gasteiger partial charge in [0.2, 0.25) is 5.91 Å². The number of sulfone groups is 1. The molecule has 1 aliphatic rings. The van der Waals surface area contributed by atoms with Gasteiger partial charge in [0, 0.05) is 6.54 Å². The van der Waals surface area contributed by atoms with Gasteiger partial charge >= 0.3 is 5.97 Å². The molecule has 6 nitrogen and oxygen atoms in total. The second kappa shape index (κ2) is 6.88. The summed E-state index contributed by atoms with van der Waals surface area (Å²) in [6, 6.07) is -0.863. The maximum Gasteiger partial charge on any atom is 0.326 e. The Balaban J connectivity index is 2.56. The largest absolute Gasteiger partial charge is 0.480 e. The number of carboxylic acid groups (broad SMARTS) is 1. The zero-order valence-electron chi connectivity index (χ0n) is 11.2. The van der Waals surface area contributed by atoms with Crippen molar-refractivity contribution < 1.29 is 23.1 Å². The van der Waals surface area contributed by atoms with Crippen molar-refractivity contribution in [2.45, 2.75) is 45.1 Å². The quantitative estimate of drug-likeness (QED) is 0.696. The molecule has 0 aromatic heterocycles. The lowest BCUT2D eigenvalue weighted by atomic mass is 10.2. The SMILES string of the molecule is CCCCCS(=O)(=O)CC(=O)N1CCC[C@@H]1C(=O)O. The number of carboxylic acids is 1. The van der Waals surface area contributed by atoms with Crippen LogP contribution in [0.3, 0.4) is 0 Å². The van der Waals surface area contributed by atoms with Gasteiger partial charge in [0.1, 0.15) is 11.8 Å². The third kappa shape index (κ3) is 4.81. The highest BCUT2D eigenvalue weighted by atomic mass is 32.2. The zero-order valence-corrected chi connectivity index (χ0v) is 12.0. The Hall–Kier alpha value is -1.11.